The van der Waals surface area contributed by atoms with Gasteiger partial charge in [-0.2, -0.15) is 0 Å². The molecule has 20 heavy (non-hydrogen) atoms. The molecule has 0 saturated carbocycles. The third kappa shape index (κ3) is 4.63. The summed E-state index contributed by atoms with van der Waals surface area (Å²) < 4.78 is 18.7. The fraction of sp³-hybridized carbons (Fsp3) is 0.312. The molecule has 0 atom stereocenters. The van der Waals surface area contributed by atoms with Gasteiger partial charge in [0.15, 0.2) is 0 Å². The Morgan fingerprint density at radius 1 is 1.15 bits per heavy atom. The van der Waals surface area contributed by atoms with Crippen LogP contribution in [0.2, 0.25) is 0 Å². The molecule has 0 bridgehead atoms. The summed E-state index contributed by atoms with van der Waals surface area (Å²) in [7, 11) is 0. The molecule has 1 aromatic heterocycles. The highest BCUT2D eigenvalue weighted by molar-refractivity contribution is 5.31. The van der Waals surface area contributed by atoms with E-state index < -0.39 is 0 Å². The first-order valence-electron chi connectivity index (χ1n) is 6.56. The zero-order chi connectivity index (χ0) is 14.6. The fourth-order valence-electron chi connectivity index (χ4n) is 1.64. The summed E-state index contributed by atoms with van der Waals surface area (Å²) >= 11 is 0. The van der Waals surface area contributed by atoms with Crippen molar-refractivity contribution in [3.05, 3.63) is 54.1 Å². The molecule has 0 saturated heterocycles. The number of nitrogens with one attached hydrogen (secondary N) is 1. The van der Waals surface area contributed by atoms with Gasteiger partial charge >= 0.3 is 0 Å². The average Bonchev–Trinajstić information content (AvgIpc) is 2.36. The van der Waals surface area contributed by atoms with Crippen molar-refractivity contribution in [2.45, 2.75) is 32.9 Å². The summed E-state index contributed by atoms with van der Waals surface area (Å²) in [5.41, 5.74) is 0.912. The average molecular weight is 274 g/mol. The van der Waals surface area contributed by atoms with E-state index in [9.17, 15) is 4.39 Å². The molecule has 2 rings (SSSR count). The molecule has 1 N–H and O–H groups in total. The molecule has 0 aliphatic heterocycles. The van der Waals surface area contributed by atoms with Crippen LogP contribution in [-0.4, -0.2) is 10.5 Å². The number of ether oxygens (including phenoxy) is 1. The zero-order valence-corrected chi connectivity index (χ0v) is 12.0. The predicted octanol–water partition coefficient (Wildman–Crippen LogP) is 3.90. The second-order valence-corrected chi connectivity index (χ2v) is 5.65. The minimum atomic E-state index is -0.314. The molecular weight excluding hydrogens is 255 g/mol. The van der Waals surface area contributed by atoms with Crippen molar-refractivity contribution in [1.29, 1.82) is 0 Å². The van der Waals surface area contributed by atoms with Crippen LogP contribution < -0.4 is 10.1 Å². The molecule has 0 fully saturated rings. The first kappa shape index (κ1) is 14.5. The Bertz CT molecular complexity index is 579. The number of hydrogen-bond acceptors (Lipinski definition) is 3. The van der Waals surface area contributed by atoms with E-state index in [0.717, 1.165) is 5.69 Å². The third-order valence-corrected chi connectivity index (χ3v) is 2.62. The topological polar surface area (TPSA) is 34.1 Å². The summed E-state index contributed by atoms with van der Waals surface area (Å²) in [5.74, 6) is 0.813. The maximum absolute atomic E-state index is 13.1. The van der Waals surface area contributed by atoms with Gasteiger partial charge in [-0.05, 0) is 39.0 Å². The Balaban J connectivity index is 2.06. The molecule has 2 aromatic rings. The van der Waals surface area contributed by atoms with Gasteiger partial charge in [0.25, 0.3) is 0 Å². The molecule has 3 nitrogen and oxygen atoms in total. The molecule has 0 aliphatic rings. The molecule has 4 heteroatoms. The van der Waals surface area contributed by atoms with Crippen LogP contribution in [0.4, 0.5) is 4.39 Å². The standard InChI is InChI=1S/C16H19FN2O/c1-16(2,3)19-11-13-10-15(7-8-18-13)20-14-6-4-5-12(17)9-14/h4-10,19H,11H2,1-3H3. The molecule has 0 radical (unpaired) electrons. The largest absolute Gasteiger partial charge is 0.457 e. The molecule has 1 aromatic carbocycles. The van der Waals surface area contributed by atoms with E-state index in [1.165, 1.54) is 12.1 Å². The van der Waals surface area contributed by atoms with Crippen molar-refractivity contribution in [1.82, 2.24) is 10.3 Å². The molecule has 106 valence electrons. The number of nitrogens with zero attached hydrogens (tertiary/aromatic N) is 1. The van der Waals surface area contributed by atoms with Crippen LogP contribution in [0.1, 0.15) is 26.5 Å². The SMILES string of the molecule is CC(C)(C)NCc1cc(Oc2cccc(F)c2)ccn1. The summed E-state index contributed by atoms with van der Waals surface area (Å²) in [6.07, 6.45) is 1.69. The van der Waals surface area contributed by atoms with Crippen molar-refractivity contribution < 1.29 is 9.13 Å². The lowest BCUT2D eigenvalue weighted by molar-refractivity contribution is 0.419. The molecule has 0 amide bonds. The summed E-state index contributed by atoms with van der Waals surface area (Å²) in [6, 6.07) is 9.69. The number of halogens is 1. The quantitative estimate of drug-likeness (QED) is 0.918. The molecule has 0 spiro atoms. The first-order valence-corrected chi connectivity index (χ1v) is 6.56. The van der Waals surface area contributed by atoms with E-state index in [0.29, 0.717) is 18.0 Å². The normalized spacial score (nSPS) is 11.4. The van der Waals surface area contributed by atoms with E-state index in [1.54, 1.807) is 24.4 Å². The van der Waals surface area contributed by atoms with Crippen LogP contribution in [0, 0.1) is 5.82 Å². The highest BCUT2D eigenvalue weighted by Gasteiger charge is 2.09. The van der Waals surface area contributed by atoms with Gasteiger partial charge in [0.1, 0.15) is 17.3 Å². The number of benzene rings is 1. The second kappa shape index (κ2) is 6.01. The van der Waals surface area contributed by atoms with Gasteiger partial charge in [0.2, 0.25) is 0 Å². The fourth-order valence-corrected chi connectivity index (χ4v) is 1.64. The smallest absolute Gasteiger partial charge is 0.130 e. The lowest BCUT2D eigenvalue weighted by atomic mass is 10.1. The monoisotopic (exact) mass is 274 g/mol. The summed E-state index contributed by atoms with van der Waals surface area (Å²) in [4.78, 5) is 4.29. The number of rotatable bonds is 4. The van der Waals surface area contributed by atoms with Crippen LogP contribution in [0.25, 0.3) is 0 Å². The third-order valence-electron chi connectivity index (χ3n) is 2.62. The van der Waals surface area contributed by atoms with E-state index in [-0.39, 0.29) is 11.4 Å². The highest BCUT2D eigenvalue weighted by atomic mass is 19.1. The Hall–Kier alpha value is -1.94. The molecule has 1 heterocycles. The minimum absolute atomic E-state index is 0.0289. The Morgan fingerprint density at radius 3 is 2.60 bits per heavy atom. The highest BCUT2D eigenvalue weighted by Crippen LogP contribution is 2.22. The van der Waals surface area contributed by atoms with Crippen molar-refractivity contribution in [2.75, 3.05) is 0 Å². The predicted molar refractivity (Wildman–Crippen MR) is 77.3 cm³/mol. The van der Waals surface area contributed by atoms with Crippen molar-refractivity contribution in [3.8, 4) is 11.5 Å². The van der Waals surface area contributed by atoms with Gasteiger partial charge in [0.05, 0.1) is 5.69 Å². The van der Waals surface area contributed by atoms with Crippen molar-refractivity contribution in [2.24, 2.45) is 0 Å². The second-order valence-electron chi connectivity index (χ2n) is 5.65. The lowest BCUT2D eigenvalue weighted by Crippen LogP contribution is -2.35. The minimum Gasteiger partial charge on any atom is -0.457 e. The van der Waals surface area contributed by atoms with Gasteiger partial charge in [-0.3, -0.25) is 4.98 Å². The van der Waals surface area contributed by atoms with Crippen LogP contribution in [0.5, 0.6) is 11.5 Å². The van der Waals surface area contributed by atoms with Gasteiger partial charge in [-0.1, -0.05) is 6.07 Å². The van der Waals surface area contributed by atoms with Gasteiger partial charge in [0, 0.05) is 30.4 Å². The van der Waals surface area contributed by atoms with Crippen LogP contribution >= 0.6 is 0 Å². The summed E-state index contributed by atoms with van der Waals surface area (Å²) in [5, 5.41) is 3.36. The Labute approximate surface area is 118 Å². The molecular formula is C16H19FN2O. The van der Waals surface area contributed by atoms with Crippen molar-refractivity contribution >= 4 is 0 Å². The summed E-state index contributed by atoms with van der Waals surface area (Å²) in [6.45, 7) is 6.95. The lowest BCUT2D eigenvalue weighted by Gasteiger charge is -2.20. The van der Waals surface area contributed by atoms with Gasteiger partial charge in [-0.15, -0.1) is 0 Å². The van der Waals surface area contributed by atoms with Crippen LogP contribution in [0.15, 0.2) is 42.6 Å². The maximum atomic E-state index is 13.1. The van der Waals surface area contributed by atoms with Crippen LogP contribution in [0.3, 0.4) is 0 Å². The van der Waals surface area contributed by atoms with Gasteiger partial charge < -0.3 is 10.1 Å². The number of aromatic nitrogens is 1. The van der Waals surface area contributed by atoms with E-state index >= 15 is 0 Å². The Morgan fingerprint density at radius 2 is 1.90 bits per heavy atom. The van der Waals surface area contributed by atoms with E-state index in [4.69, 9.17) is 4.74 Å². The molecule has 0 unspecified atom stereocenters. The van der Waals surface area contributed by atoms with Crippen LogP contribution in [-0.2, 0) is 6.54 Å². The molecule has 0 aliphatic carbocycles. The Kier molecular flexibility index (Phi) is 4.35. The number of pyridine rings is 1. The van der Waals surface area contributed by atoms with Gasteiger partial charge in [-0.25, -0.2) is 4.39 Å². The van der Waals surface area contributed by atoms with Crippen molar-refractivity contribution in [3.63, 3.8) is 0 Å². The van der Waals surface area contributed by atoms with E-state index in [1.807, 2.05) is 6.07 Å². The first-order chi connectivity index (χ1) is 9.42. The maximum Gasteiger partial charge on any atom is 0.130 e. The van der Waals surface area contributed by atoms with E-state index in [2.05, 4.69) is 31.1 Å². The number of hydrogen-bond donors (Lipinski definition) is 1. The zero-order valence-electron chi connectivity index (χ0n) is 12.0.